The van der Waals surface area contributed by atoms with Crippen LogP contribution in [-0.2, 0) is 0 Å². The largest absolute Gasteiger partial charge is 0.508 e. The second-order valence-electron chi connectivity index (χ2n) is 5.10. The van der Waals surface area contributed by atoms with E-state index in [1.807, 2.05) is 30.3 Å². The SMILES string of the molecule is O=C(Oc1ccc(/N=C/c2ccccc2)cc1)c1ccc(O)cc1. The summed E-state index contributed by atoms with van der Waals surface area (Å²) in [6.45, 7) is 0. The summed E-state index contributed by atoms with van der Waals surface area (Å²) in [4.78, 5) is 16.4. The van der Waals surface area contributed by atoms with Gasteiger partial charge in [0.25, 0.3) is 0 Å². The number of hydrogen-bond donors (Lipinski definition) is 1. The van der Waals surface area contributed by atoms with Crippen LogP contribution in [0.1, 0.15) is 15.9 Å². The van der Waals surface area contributed by atoms with Crippen LogP contribution in [0.5, 0.6) is 11.5 Å². The summed E-state index contributed by atoms with van der Waals surface area (Å²) in [7, 11) is 0. The summed E-state index contributed by atoms with van der Waals surface area (Å²) in [5.41, 5.74) is 2.16. The van der Waals surface area contributed by atoms with E-state index < -0.39 is 5.97 Å². The summed E-state index contributed by atoms with van der Waals surface area (Å²) in [5, 5.41) is 9.23. The number of carbonyl (C=O) groups is 1. The Hall–Kier alpha value is -3.40. The third kappa shape index (κ3) is 4.08. The van der Waals surface area contributed by atoms with E-state index in [0.717, 1.165) is 11.3 Å². The second-order valence-corrected chi connectivity index (χ2v) is 5.10. The molecule has 0 radical (unpaired) electrons. The number of phenolic OH excluding ortho intramolecular Hbond substituents is 1. The number of benzene rings is 3. The zero-order valence-electron chi connectivity index (χ0n) is 12.8. The molecule has 0 heterocycles. The fourth-order valence-corrected chi connectivity index (χ4v) is 2.05. The maximum Gasteiger partial charge on any atom is 0.343 e. The molecule has 0 aliphatic carbocycles. The molecule has 0 fully saturated rings. The van der Waals surface area contributed by atoms with Gasteiger partial charge in [-0.2, -0.15) is 0 Å². The Morgan fingerprint density at radius 1 is 0.875 bits per heavy atom. The molecule has 0 saturated heterocycles. The van der Waals surface area contributed by atoms with Gasteiger partial charge in [0, 0.05) is 6.21 Å². The maximum atomic E-state index is 12.0. The Morgan fingerprint density at radius 2 is 1.54 bits per heavy atom. The van der Waals surface area contributed by atoms with Crippen molar-refractivity contribution >= 4 is 17.9 Å². The molecule has 0 aliphatic rings. The van der Waals surface area contributed by atoms with Gasteiger partial charge in [-0.1, -0.05) is 30.3 Å². The number of esters is 1. The minimum Gasteiger partial charge on any atom is -0.508 e. The van der Waals surface area contributed by atoms with Crippen molar-refractivity contribution in [3.05, 3.63) is 90.0 Å². The van der Waals surface area contributed by atoms with Gasteiger partial charge in [0.2, 0.25) is 0 Å². The van der Waals surface area contributed by atoms with E-state index in [0.29, 0.717) is 11.3 Å². The number of phenols is 1. The van der Waals surface area contributed by atoms with E-state index in [4.69, 9.17) is 4.74 Å². The van der Waals surface area contributed by atoms with E-state index in [-0.39, 0.29) is 5.75 Å². The lowest BCUT2D eigenvalue weighted by Crippen LogP contribution is -2.07. The van der Waals surface area contributed by atoms with Crippen LogP contribution >= 0.6 is 0 Å². The molecule has 0 amide bonds. The van der Waals surface area contributed by atoms with Crippen molar-refractivity contribution in [2.75, 3.05) is 0 Å². The average molecular weight is 317 g/mol. The normalized spacial score (nSPS) is 10.7. The van der Waals surface area contributed by atoms with Crippen LogP contribution < -0.4 is 4.74 Å². The number of ether oxygens (including phenoxy) is 1. The monoisotopic (exact) mass is 317 g/mol. The Bertz CT molecular complexity index is 838. The second kappa shape index (κ2) is 7.24. The third-order valence-corrected chi connectivity index (χ3v) is 3.31. The molecular formula is C20H15NO3. The molecule has 4 nitrogen and oxygen atoms in total. The van der Waals surface area contributed by atoms with Crippen molar-refractivity contribution in [1.82, 2.24) is 0 Å². The van der Waals surface area contributed by atoms with Gasteiger partial charge in [-0.15, -0.1) is 0 Å². The van der Waals surface area contributed by atoms with Crippen LogP contribution in [0.15, 0.2) is 83.9 Å². The molecule has 0 aromatic heterocycles. The molecule has 3 rings (SSSR count). The first-order chi connectivity index (χ1) is 11.7. The molecule has 3 aromatic carbocycles. The number of aliphatic imine (C=N–C) groups is 1. The van der Waals surface area contributed by atoms with Crippen molar-refractivity contribution in [3.8, 4) is 11.5 Å². The quantitative estimate of drug-likeness (QED) is 0.442. The van der Waals surface area contributed by atoms with Crippen molar-refractivity contribution in [1.29, 1.82) is 0 Å². The van der Waals surface area contributed by atoms with Crippen LogP contribution in [0.3, 0.4) is 0 Å². The highest BCUT2D eigenvalue weighted by atomic mass is 16.5. The van der Waals surface area contributed by atoms with Gasteiger partial charge in [-0.3, -0.25) is 4.99 Å². The molecular weight excluding hydrogens is 302 g/mol. The topological polar surface area (TPSA) is 58.9 Å². The molecule has 0 atom stereocenters. The first-order valence-electron chi connectivity index (χ1n) is 7.41. The molecule has 118 valence electrons. The molecule has 0 unspecified atom stereocenters. The Labute approximate surface area is 139 Å². The smallest absolute Gasteiger partial charge is 0.343 e. The highest BCUT2D eigenvalue weighted by Gasteiger charge is 2.08. The fraction of sp³-hybridized carbons (Fsp3) is 0. The van der Waals surface area contributed by atoms with E-state index in [1.165, 1.54) is 24.3 Å². The lowest BCUT2D eigenvalue weighted by Gasteiger charge is -2.04. The van der Waals surface area contributed by atoms with Gasteiger partial charge >= 0.3 is 5.97 Å². The van der Waals surface area contributed by atoms with Crippen LogP contribution in [0.4, 0.5) is 5.69 Å². The highest BCUT2D eigenvalue weighted by Crippen LogP contribution is 2.19. The van der Waals surface area contributed by atoms with Gasteiger partial charge in [0.1, 0.15) is 11.5 Å². The van der Waals surface area contributed by atoms with Crippen LogP contribution in [-0.4, -0.2) is 17.3 Å². The minimum absolute atomic E-state index is 0.104. The number of aromatic hydroxyl groups is 1. The van der Waals surface area contributed by atoms with Gasteiger partial charge in [0.05, 0.1) is 11.3 Å². The van der Waals surface area contributed by atoms with E-state index in [2.05, 4.69) is 4.99 Å². The molecule has 1 N–H and O–H groups in total. The molecule has 0 bridgehead atoms. The number of carbonyl (C=O) groups excluding carboxylic acids is 1. The van der Waals surface area contributed by atoms with Gasteiger partial charge < -0.3 is 9.84 Å². The summed E-state index contributed by atoms with van der Waals surface area (Å²) >= 11 is 0. The first-order valence-corrected chi connectivity index (χ1v) is 7.41. The van der Waals surface area contributed by atoms with Crippen LogP contribution in [0.25, 0.3) is 0 Å². The van der Waals surface area contributed by atoms with Gasteiger partial charge in [-0.25, -0.2) is 4.79 Å². The lowest BCUT2D eigenvalue weighted by atomic mass is 10.2. The minimum atomic E-state index is -0.476. The van der Waals surface area contributed by atoms with Crippen molar-refractivity contribution in [2.24, 2.45) is 4.99 Å². The summed E-state index contributed by atoms with van der Waals surface area (Å²) in [6, 6.07) is 22.6. The zero-order valence-corrected chi connectivity index (χ0v) is 12.8. The predicted molar refractivity (Wildman–Crippen MR) is 93.2 cm³/mol. The van der Waals surface area contributed by atoms with Crippen molar-refractivity contribution < 1.29 is 14.6 Å². The molecule has 3 aromatic rings. The molecule has 24 heavy (non-hydrogen) atoms. The molecule has 0 saturated carbocycles. The van der Waals surface area contributed by atoms with Crippen LogP contribution in [0, 0.1) is 0 Å². The number of nitrogens with zero attached hydrogens (tertiary/aromatic N) is 1. The molecule has 4 heteroatoms. The van der Waals surface area contributed by atoms with E-state index in [1.54, 1.807) is 30.5 Å². The van der Waals surface area contributed by atoms with E-state index in [9.17, 15) is 9.90 Å². The van der Waals surface area contributed by atoms with Crippen molar-refractivity contribution in [2.45, 2.75) is 0 Å². The summed E-state index contributed by atoms with van der Waals surface area (Å²) in [6.07, 6.45) is 1.78. The summed E-state index contributed by atoms with van der Waals surface area (Å²) in [5.74, 6) is 0.0643. The Kier molecular flexibility index (Phi) is 4.68. The molecule has 0 spiro atoms. The average Bonchev–Trinajstić information content (AvgIpc) is 2.62. The van der Waals surface area contributed by atoms with Gasteiger partial charge in [-0.05, 0) is 54.1 Å². The predicted octanol–water partition coefficient (Wildman–Crippen LogP) is 4.36. The number of rotatable bonds is 4. The van der Waals surface area contributed by atoms with Crippen LogP contribution in [0.2, 0.25) is 0 Å². The maximum absolute atomic E-state index is 12.0. The highest BCUT2D eigenvalue weighted by molar-refractivity contribution is 5.91. The third-order valence-electron chi connectivity index (χ3n) is 3.31. The Balaban J connectivity index is 1.65. The lowest BCUT2D eigenvalue weighted by molar-refractivity contribution is 0.0735. The van der Waals surface area contributed by atoms with E-state index >= 15 is 0 Å². The Morgan fingerprint density at radius 3 is 2.21 bits per heavy atom. The number of hydrogen-bond acceptors (Lipinski definition) is 4. The summed E-state index contributed by atoms with van der Waals surface area (Å²) < 4.78 is 5.29. The molecule has 0 aliphatic heterocycles. The zero-order chi connectivity index (χ0) is 16.8. The van der Waals surface area contributed by atoms with Crippen molar-refractivity contribution in [3.63, 3.8) is 0 Å². The fourth-order valence-electron chi connectivity index (χ4n) is 2.05. The van der Waals surface area contributed by atoms with Gasteiger partial charge in [0.15, 0.2) is 0 Å². The standard InChI is InChI=1S/C20H15NO3/c22-18-10-6-16(7-11-18)20(23)24-19-12-8-17(9-13-19)21-14-15-4-2-1-3-5-15/h1-14,22H/b21-14+. The first kappa shape index (κ1) is 15.5.